The number of nitrogens with one attached hydrogen (secondary N) is 3. The van der Waals surface area contributed by atoms with Crippen LogP contribution in [0.15, 0.2) is 65.0 Å². The van der Waals surface area contributed by atoms with Gasteiger partial charge in [0, 0.05) is 22.8 Å². The second-order valence-electron chi connectivity index (χ2n) is 6.79. The summed E-state index contributed by atoms with van der Waals surface area (Å²) in [5.41, 5.74) is 2.62. The zero-order valence-electron chi connectivity index (χ0n) is 16.9. The van der Waals surface area contributed by atoms with Crippen molar-refractivity contribution in [2.45, 2.75) is 18.2 Å². The summed E-state index contributed by atoms with van der Waals surface area (Å²) >= 11 is 1.17. The second kappa shape index (κ2) is 8.81. The fraction of sp³-hybridized carbons (Fsp3) is 0.0952. The number of benzene rings is 2. The molecule has 0 radical (unpaired) electrons. The van der Waals surface area contributed by atoms with Crippen LogP contribution in [0.2, 0.25) is 0 Å². The van der Waals surface area contributed by atoms with Crippen LogP contribution in [0.4, 0.5) is 10.8 Å². The van der Waals surface area contributed by atoms with Gasteiger partial charge in [-0.05, 0) is 54.4 Å². The number of anilines is 2. The quantitative estimate of drug-likeness (QED) is 0.324. The lowest BCUT2D eigenvalue weighted by molar-refractivity contribution is 0.102. The molecule has 0 unspecified atom stereocenters. The molecular weight excluding hydrogens is 450 g/mol. The lowest BCUT2D eigenvalue weighted by Crippen LogP contribution is -2.14. The van der Waals surface area contributed by atoms with Gasteiger partial charge < -0.3 is 10.4 Å². The first-order chi connectivity index (χ1) is 15.4. The van der Waals surface area contributed by atoms with Crippen LogP contribution in [-0.2, 0) is 16.4 Å². The molecule has 0 aliphatic carbocycles. The number of H-pyrrole nitrogens is 1. The van der Waals surface area contributed by atoms with Crippen LogP contribution < -0.4 is 10.0 Å². The number of rotatable bonds is 7. The molecule has 164 valence electrons. The monoisotopic (exact) mass is 469 g/mol. The predicted octanol–water partition coefficient (Wildman–Crippen LogP) is 3.85. The number of carbonyl (C=O) groups is 1. The van der Waals surface area contributed by atoms with E-state index in [1.54, 1.807) is 17.5 Å². The van der Waals surface area contributed by atoms with Gasteiger partial charge in [-0.25, -0.2) is 13.4 Å². The van der Waals surface area contributed by atoms with Crippen molar-refractivity contribution in [2.24, 2.45) is 0 Å². The lowest BCUT2D eigenvalue weighted by atomic mass is 10.1. The van der Waals surface area contributed by atoms with Crippen LogP contribution in [0.3, 0.4) is 0 Å². The minimum absolute atomic E-state index is 0.0424. The van der Waals surface area contributed by atoms with Crippen molar-refractivity contribution in [1.29, 1.82) is 0 Å². The van der Waals surface area contributed by atoms with Gasteiger partial charge in [-0.1, -0.05) is 13.0 Å². The Hall–Kier alpha value is -3.70. The van der Waals surface area contributed by atoms with Gasteiger partial charge in [0.05, 0.1) is 10.6 Å². The maximum absolute atomic E-state index is 12.6. The number of aryl methyl sites for hydroxylation is 1. The molecule has 9 nitrogen and oxygen atoms in total. The molecule has 0 aliphatic heterocycles. The predicted molar refractivity (Wildman–Crippen MR) is 122 cm³/mol. The fourth-order valence-electron chi connectivity index (χ4n) is 2.95. The summed E-state index contributed by atoms with van der Waals surface area (Å²) in [6.45, 7) is 2.01. The summed E-state index contributed by atoms with van der Waals surface area (Å²) < 4.78 is 27.2. The van der Waals surface area contributed by atoms with Crippen molar-refractivity contribution < 1.29 is 18.3 Å². The van der Waals surface area contributed by atoms with Crippen molar-refractivity contribution in [3.8, 4) is 17.0 Å². The van der Waals surface area contributed by atoms with E-state index in [2.05, 4.69) is 25.2 Å². The number of aromatic hydroxyl groups is 1. The normalized spacial score (nSPS) is 11.3. The molecule has 0 aliphatic rings. The summed E-state index contributed by atoms with van der Waals surface area (Å²) in [6.07, 6.45) is 2.31. The Morgan fingerprint density at radius 2 is 1.94 bits per heavy atom. The third-order valence-electron chi connectivity index (χ3n) is 4.64. The number of phenolic OH excluding ortho intramolecular Hbond substituents is 1. The Labute approximate surface area is 188 Å². The summed E-state index contributed by atoms with van der Waals surface area (Å²) in [6, 6.07) is 12.5. The van der Waals surface area contributed by atoms with Crippen LogP contribution in [0, 0.1) is 0 Å². The van der Waals surface area contributed by atoms with E-state index < -0.39 is 15.9 Å². The third kappa shape index (κ3) is 4.63. The van der Waals surface area contributed by atoms with Crippen molar-refractivity contribution in [3.63, 3.8) is 0 Å². The number of phenols is 1. The molecule has 0 fully saturated rings. The van der Waals surface area contributed by atoms with Gasteiger partial charge in [0.2, 0.25) is 0 Å². The number of sulfonamides is 1. The highest BCUT2D eigenvalue weighted by molar-refractivity contribution is 7.93. The molecule has 0 saturated heterocycles. The van der Waals surface area contributed by atoms with Crippen molar-refractivity contribution in [2.75, 3.05) is 10.0 Å². The first-order valence-corrected chi connectivity index (χ1v) is 11.9. The van der Waals surface area contributed by atoms with Crippen molar-refractivity contribution >= 4 is 38.1 Å². The minimum Gasteiger partial charge on any atom is -0.507 e. The van der Waals surface area contributed by atoms with E-state index in [9.17, 15) is 18.3 Å². The Kier molecular flexibility index (Phi) is 5.93. The Morgan fingerprint density at radius 3 is 2.62 bits per heavy atom. The number of amides is 1. The van der Waals surface area contributed by atoms with Gasteiger partial charge in [0.25, 0.3) is 15.9 Å². The zero-order valence-corrected chi connectivity index (χ0v) is 18.5. The van der Waals surface area contributed by atoms with Gasteiger partial charge in [0.1, 0.15) is 11.4 Å². The molecule has 2 aromatic carbocycles. The molecule has 11 heteroatoms. The molecule has 4 rings (SSSR count). The van der Waals surface area contributed by atoms with E-state index in [0.717, 1.165) is 12.0 Å². The molecule has 2 aromatic heterocycles. The van der Waals surface area contributed by atoms with E-state index in [0.29, 0.717) is 16.9 Å². The molecule has 0 bridgehead atoms. The maximum atomic E-state index is 12.6. The second-order valence-corrected chi connectivity index (χ2v) is 9.37. The van der Waals surface area contributed by atoms with Gasteiger partial charge in [0.15, 0.2) is 5.13 Å². The average molecular weight is 470 g/mol. The summed E-state index contributed by atoms with van der Waals surface area (Å²) in [5, 5.41) is 21.5. The van der Waals surface area contributed by atoms with E-state index >= 15 is 0 Å². The minimum atomic E-state index is -3.77. The fourth-order valence-corrected chi connectivity index (χ4v) is 4.74. The van der Waals surface area contributed by atoms with Gasteiger partial charge >= 0.3 is 0 Å². The average Bonchev–Trinajstić information content (AvgIpc) is 3.46. The number of hydrogen-bond acceptors (Lipinski definition) is 7. The molecule has 0 spiro atoms. The van der Waals surface area contributed by atoms with Crippen molar-refractivity contribution in [1.82, 2.24) is 15.2 Å². The number of nitrogens with zero attached hydrogens (tertiary/aromatic N) is 2. The Bertz CT molecular complexity index is 1350. The largest absolute Gasteiger partial charge is 0.507 e. The summed E-state index contributed by atoms with van der Waals surface area (Å²) in [4.78, 5) is 16.5. The number of thiazole rings is 1. The van der Waals surface area contributed by atoms with Crippen LogP contribution >= 0.6 is 11.3 Å². The highest BCUT2D eigenvalue weighted by atomic mass is 32.2. The first-order valence-electron chi connectivity index (χ1n) is 9.57. The Morgan fingerprint density at radius 1 is 1.16 bits per heavy atom. The van der Waals surface area contributed by atoms with Crippen LogP contribution in [0.25, 0.3) is 11.3 Å². The van der Waals surface area contributed by atoms with E-state index in [-0.39, 0.29) is 21.5 Å². The third-order valence-corrected chi connectivity index (χ3v) is 6.82. The first kappa shape index (κ1) is 21.5. The Balaban J connectivity index is 1.47. The van der Waals surface area contributed by atoms with Crippen molar-refractivity contribution in [3.05, 3.63) is 71.4 Å². The number of hydrogen-bond donors (Lipinski definition) is 4. The lowest BCUT2D eigenvalue weighted by Gasteiger charge is -2.07. The van der Waals surface area contributed by atoms with Crippen LogP contribution in [0.5, 0.6) is 5.75 Å². The molecule has 1 amide bonds. The molecular formula is C21H19N5O4S2. The van der Waals surface area contributed by atoms with E-state index in [1.807, 2.05) is 19.1 Å². The molecule has 32 heavy (non-hydrogen) atoms. The molecule has 0 atom stereocenters. The maximum Gasteiger partial charge on any atom is 0.273 e. The summed E-state index contributed by atoms with van der Waals surface area (Å²) in [5.74, 6) is -0.379. The topological polar surface area (TPSA) is 137 Å². The van der Waals surface area contributed by atoms with Gasteiger partial charge in [-0.2, -0.15) is 5.10 Å². The molecule has 2 heterocycles. The molecule has 4 aromatic rings. The highest BCUT2D eigenvalue weighted by Crippen LogP contribution is 2.29. The van der Waals surface area contributed by atoms with E-state index in [1.165, 1.54) is 41.8 Å². The van der Waals surface area contributed by atoms with Crippen LogP contribution in [-0.4, -0.2) is 34.6 Å². The SMILES string of the molecule is CCc1ccc(O)c(-c2cc(C(=O)Nc3ccc(S(=O)(=O)Nc4nccs4)cc3)[nH]n2)c1. The molecule has 4 N–H and O–H groups in total. The molecule has 0 saturated carbocycles. The smallest absolute Gasteiger partial charge is 0.273 e. The zero-order chi connectivity index (χ0) is 22.7. The number of aromatic nitrogens is 3. The summed E-state index contributed by atoms with van der Waals surface area (Å²) in [7, 11) is -3.77. The van der Waals surface area contributed by atoms with Crippen LogP contribution in [0.1, 0.15) is 23.0 Å². The number of carbonyl (C=O) groups excluding carboxylic acids is 1. The van der Waals surface area contributed by atoms with E-state index in [4.69, 9.17) is 0 Å². The highest BCUT2D eigenvalue weighted by Gasteiger charge is 2.17. The van der Waals surface area contributed by atoms with Gasteiger partial charge in [-0.15, -0.1) is 11.3 Å². The van der Waals surface area contributed by atoms with Gasteiger partial charge in [-0.3, -0.25) is 14.6 Å². The number of aromatic amines is 1. The standard InChI is InChI=1S/C21H19N5O4S2/c1-2-13-3-8-19(27)16(11-13)17-12-18(25-24-17)20(28)23-14-4-6-15(7-5-14)32(29,30)26-21-22-9-10-31-21/h3-12,27H,2H2,1H3,(H,22,26)(H,23,28)(H,24,25).